The Balaban J connectivity index is 1.58. The monoisotopic (exact) mass is 551 g/mol. The second-order valence-corrected chi connectivity index (χ2v) is 9.88. The van der Waals surface area contributed by atoms with E-state index in [9.17, 15) is 9.59 Å². The number of aryl methyl sites for hydroxylation is 1. The molecule has 3 aromatic rings. The van der Waals surface area contributed by atoms with Crippen LogP contribution in [0.4, 0.5) is 11.4 Å². The molecule has 1 fully saturated rings. The molecular formula is C29H30ClN3O4S. The fourth-order valence-electron chi connectivity index (χ4n) is 4.42. The van der Waals surface area contributed by atoms with Crippen LogP contribution in [-0.2, 0) is 16.0 Å². The number of ether oxygens (including phenoxy) is 2. The first-order chi connectivity index (χ1) is 18.2. The predicted octanol–water partition coefficient (Wildman–Crippen LogP) is 5.55. The van der Waals surface area contributed by atoms with Crippen LogP contribution in [0.2, 0.25) is 5.02 Å². The lowest BCUT2D eigenvalue weighted by Gasteiger charge is -2.24. The normalized spacial score (nSPS) is 15.1. The fraction of sp³-hybridized carbons (Fsp3) is 0.276. The van der Waals surface area contributed by atoms with Crippen molar-refractivity contribution >= 4 is 52.1 Å². The number of carbonyl (C=O) groups excluding carboxylic acids is 2. The first-order valence-electron chi connectivity index (χ1n) is 12.2. The summed E-state index contributed by atoms with van der Waals surface area (Å²) in [5.74, 6) is 0.737. The van der Waals surface area contributed by atoms with Crippen molar-refractivity contribution in [3.63, 3.8) is 0 Å². The van der Waals surface area contributed by atoms with E-state index >= 15 is 0 Å². The number of amides is 2. The van der Waals surface area contributed by atoms with Crippen LogP contribution < -0.4 is 19.7 Å². The van der Waals surface area contributed by atoms with Crippen molar-refractivity contribution in [3.05, 3.63) is 82.4 Å². The van der Waals surface area contributed by atoms with Gasteiger partial charge >= 0.3 is 0 Å². The average molecular weight is 552 g/mol. The zero-order chi connectivity index (χ0) is 27.4. The minimum Gasteiger partial charge on any atom is -0.493 e. The van der Waals surface area contributed by atoms with Gasteiger partial charge in [0.15, 0.2) is 16.6 Å². The number of hydrogen-bond donors (Lipinski definition) is 1. The maximum absolute atomic E-state index is 13.7. The van der Waals surface area contributed by atoms with Crippen LogP contribution in [0.15, 0.2) is 60.7 Å². The Labute approximate surface area is 233 Å². The number of nitrogens with zero attached hydrogens (tertiary/aromatic N) is 2. The minimum atomic E-state index is -0.747. The van der Waals surface area contributed by atoms with E-state index in [2.05, 4.69) is 5.32 Å². The van der Waals surface area contributed by atoms with Crippen molar-refractivity contribution in [2.75, 3.05) is 31.0 Å². The van der Waals surface area contributed by atoms with Crippen molar-refractivity contribution in [1.29, 1.82) is 0 Å². The molecule has 1 aliphatic heterocycles. The maximum atomic E-state index is 13.7. The molecule has 0 spiro atoms. The number of rotatable bonds is 9. The molecule has 1 heterocycles. The summed E-state index contributed by atoms with van der Waals surface area (Å²) in [5, 5.41) is 3.83. The highest BCUT2D eigenvalue weighted by atomic mass is 35.5. The third-order valence-electron chi connectivity index (χ3n) is 6.62. The Morgan fingerprint density at radius 3 is 2.42 bits per heavy atom. The fourth-order valence-corrected chi connectivity index (χ4v) is 5.01. The van der Waals surface area contributed by atoms with Crippen LogP contribution in [0.1, 0.15) is 23.1 Å². The van der Waals surface area contributed by atoms with Crippen molar-refractivity contribution in [3.8, 4) is 11.5 Å². The van der Waals surface area contributed by atoms with Crippen LogP contribution in [0.25, 0.3) is 0 Å². The molecule has 0 saturated carbocycles. The SMILES string of the molecule is COc1ccc(CCN2C(=S)N(c3ccc(C)cc3)C(=O)C2CC(=O)Nc2cccc(Cl)c2C)cc1OC. The first-order valence-corrected chi connectivity index (χ1v) is 13.0. The summed E-state index contributed by atoms with van der Waals surface area (Å²) in [6.07, 6.45) is 0.528. The molecule has 9 heteroatoms. The van der Waals surface area contributed by atoms with Gasteiger partial charge in [-0.2, -0.15) is 0 Å². The van der Waals surface area contributed by atoms with Gasteiger partial charge in [-0.25, -0.2) is 0 Å². The molecule has 1 aliphatic rings. The topological polar surface area (TPSA) is 71.1 Å². The van der Waals surface area contributed by atoms with E-state index in [0.29, 0.717) is 46.0 Å². The van der Waals surface area contributed by atoms with Gasteiger partial charge in [0, 0.05) is 17.3 Å². The van der Waals surface area contributed by atoms with E-state index in [1.54, 1.807) is 32.4 Å². The number of benzene rings is 3. The molecule has 1 N–H and O–H groups in total. The molecule has 0 aliphatic carbocycles. The van der Waals surface area contributed by atoms with Crippen LogP contribution in [0.3, 0.4) is 0 Å². The highest BCUT2D eigenvalue weighted by Gasteiger charge is 2.44. The standard InChI is InChI=1S/C29H30ClN3O4S/c1-18-8-11-21(12-9-18)33-28(35)24(17-27(34)31-23-7-5-6-22(30)19(23)2)32(29(33)38)15-14-20-10-13-25(36-3)26(16-20)37-4/h5-13,16,24H,14-15,17H2,1-4H3,(H,31,34). The zero-order valence-electron chi connectivity index (χ0n) is 21.8. The summed E-state index contributed by atoms with van der Waals surface area (Å²) in [6.45, 7) is 4.26. The predicted molar refractivity (Wildman–Crippen MR) is 154 cm³/mol. The molecule has 0 radical (unpaired) electrons. The lowest BCUT2D eigenvalue weighted by atomic mass is 10.1. The van der Waals surface area contributed by atoms with E-state index in [1.165, 1.54) is 4.90 Å². The summed E-state index contributed by atoms with van der Waals surface area (Å²) < 4.78 is 10.8. The smallest absolute Gasteiger partial charge is 0.256 e. The van der Waals surface area contributed by atoms with Gasteiger partial charge in [-0.15, -0.1) is 0 Å². The lowest BCUT2D eigenvalue weighted by Crippen LogP contribution is -2.39. The molecule has 4 rings (SSSR count). The Bertz CT molecular complexity index is 1360. The van der Waals surface area contributed by atoms with Gasteiger partial charge in [0.1, 0.15) is 6.04 Å². The number of carbonyl (C=O) groups is 2. The second kappa shape index (κ2) is 11.8. The molecule has 1 saturated heterocycles. The number of methoxy groups -OCH3 is 2. The molecule has 1 unspecified atom stereocenters. The Morgan fingerprint density at radius 2 is 1.74 bits per heavy atom. The van der Waals surface area contributed by atoms with Crippen molar-refractivity contribution in [2.45, 2.75) is 32.7 Å². The number of halogens is 1. The molecule has 0 bridgehead atoms. The van der Waals surface area contributed by atoms with E-state index in [0.717, 1.165) is 16.7 Å². The maximum Gasteiger partial charge on any atom is 0.256 e. The summed E-state index contributed by atoms with van der Waals surface area (Å²) >= 11 is 12.0. The minimum absolute atomic E-state index is 0.0563. The van der Waals surface area contributed by atoms with Crippen LogP contribution in [0, 0.1) is 13.8 Å². The van der Waals surface area contributed by atoms with Crippen LogP contribution >= 0.6 is 23.8 Å². The second-order valence-electron chi connectivity index (χ2n) is 9.10. The third kappa shape index (κ3) is 5.76. The van der Waals surface area contributed by atoms with Gasteiger partial charge in [-0.05, 0) is 80.0 Å². The van der Waals surface area contributed by atoms with Crippen molar-refractivity contribution in [1.82, 2.24) is 4.90 Å². The summed E-state index contributed by atoms with van der Waals surface area (Å²) in [4.78, 5) is 30.1. The zero-order valence-corrected chi connectivity index (χ0v) is 23.4. The van der Waals surface area contributed by atoms with E-state index < -0.39 is 6.04 Å². The number of anilines is 2. The Hall–Kier alpha value is -3.62. The van der Waals surface area contributed by atoms with E-state index in [1.807, 2.05) is 61.2 Å². The van der Waals surface area contributed by atoms with Crippen LogP contribution in [0.5, 0.6) is 11.5 Å². The van der Waals surface area contributed by atoms with Gasteiger partial charge in [-0.1, -0.05) is 41.4 Å². The largest absolute Gasteiger partial charge is 0.493 e. The highest BCUT2D eigenvalue weighted by Crippen LogP contribution is 2.31. The molecular weight excluding hydrogens is 522 g/mol. The Kier molecular flexibility index (Phi) is 8.54. The van der Waals surface area contributed by atoms with Crippen molar-refractivity contribution in [2.24, 2.45) is 0 Å². The van der Waals surface area contributed by atoms with Gasteiger partial charge in [0.05, 0.1) is 26.3 Å². The highest BCUT2D eigenvalue weighted by molar-refractivity contribution is 7.80. The molecule has 3 aromatic carbocycles. The van der Waals surface area contributed by atoms with Gasteiger partial charge in [0.25, 0.3) is 5.91 Å². The summed E-state index contributed by atoms with van der Waals surface area (Å²) in [7, 11) is 3.18. The summed E-state index contributed by atoms with van der Waals surface area (Å²) in [6, 6.07) is 17.9. The molecule has 0 aromatic heterocycles. The van der Waals surface area contributed by atoms with Gasteiger partial charge in [0.2, 0.25) is 5.91 Å². The lowest BCUT2D eigenvalue weighted by molar-refractivity contribution is -0.124. The third-order valence-corrected chi connectivity index (χ3v) is 7.45. The molecule has 1 atom stereocenters. The van der Waals surface area contributed by atoms with E-state index in [4.69, 9.17) is 33.3 Å². The summed E-state index contributed by atoms with van der Waals surface area (Å²) in [5.41, 5.74) is 4.12. The number of hydrogen-bond acceptors (Lipinski definition) is 5. The first kappa shape index (κ1) is 27.4. The van der Waals surface area contributed by atoms with E-state index in [-0.39, 0.29) is 18.2 Å². The average Bonchev–Trinajstić information content (AvgIpc) is 3.14. The molecule has 38 heavy (non-hydrogen) atoms. The molecule has 7 nitrogen and oxygen atoms in total. The number of nitrogens with one attached hydrogen (secondary N) is 1. The number of thiocarbonyl (C=S) groups is 1. The van der Waals surface area contributed by atoms with Gasteiger partial charge < -0.3 is 19.7 Å². The van der Waals surface area contributed by atoms with Crippen molar-refractivity contribution < 1.29 is 19.1 Å². The molecule has 198 valence electrons. The quantitative estimate of drug-likeness (QED) is 0.352. The van der Waals surface area contributed by atoms with Crippen LogP contribution in [-0.4, -0.2) is 48.6 Å². The van der Waals surface area contributed by atoms with Gasteiger partial charge in [-0.3, -0.25) is 14.5 Å². The Morgan fingerprint density at radius 1 is 1.03 bits per heavy atom. The molecule has 2 amide bonds.